The average Bonchev–Trinajstić information content (AvgIpc) is 2.28. The summed E-state index contributed by atoms with van der Waals surface area (Å²) in [6.07, 6.45) is 0. The minimum Gasteiger partial charge on any atom is -0.464 e. The molecule has 0 fully saturated rings. The molecule has 7 heteroatoms. The van der Waals surface area contributed by atoms with Crippen molar-refractivity contribution >= 4 is 11.9 Å². The fourth-order valence-electron chi connectivity index (χ4n) is 1.25. The zero-order valence-electron chi connectivity index (χ0n) is 11.5. The Morgan fingerprint density at radius 1 is 1.33 bits per heavy atom. The zero-order chi connectivity index (χ0) is 13.5. The second kappa shape index (κ2) is 6.95. The van der Waals surface area contributed by atoms with Gasteiger partial charge in [0.2, 0.25) is 11.9 Å². The first-order chi connectivity index (χ1) is 8.52. The van der Waals surface area contributed by atoms with Gasteiger partial charge in [-0.15, -0.1) is 0 Å². The molecule has 0 unspecified atom stereocenters. The predicted octanol–water partition coefficient (Wildman–Crippen LogP) is 0.605. The third-order valence-electron chi connectivity index (χ3n) is 2.53. The first-order valence-electron chi connectivity index (χ1n) is 6.11. The van der Waals surface area contributed by atoms with Crippen LogP contribution in [0.15, 0.2) is 0 Å². The molecule has 1 aromatic heterocycles. The topological polar surface area (TPSA) is 89.2 Å². The lowest BCUT2D eigenvalue weighted by molar-refractivity contribution is 0.284. The molecule has 1 heterocycles. The van der Waals surface area contributed by atoms with Gasteiger partial charge in [0, 0.05) is 19.1 Å². The van der Waals surface area contributed by atoms with Gasteiger partial charge in [-0.25, -0.2) is 0 Å². The van der Waals surface area contributed by atoms with Crippen LogP contribution in [0.3, 0.4) is 0 Å². The first-order valence-corrected chi connectivity index (χ1v) is 6.11. The summed E-state index contributed by atoms with van der Waals surface area (Å²) < 4.78 is 5.20. The van der Waals surface area contributed by atoms with E-state index in [-0.39, 0.29) is 12.0 Å². The Bertz CT molecular complexity index is 371. The van der Waals surface area contributed by atoms with Crippen molar-refractivity contribution in [1.82, 2.24) is 19.9 Å². The van der Waals surface area contributed by atoms with Gasteiger partial charge in [-0.2, -0.15) is 15.0 Å². The third kappa shape index (κ3) is 4.70. The molecule has 7 nitrogen and oxygen atoms in total. The lowest BCUT2D eigenvalue weighted by atomic mass is 10.3. The molecule has 1 rings (SSSR count). The second-order valence-corrected chi connectivity index (χ2v) is 4.23. The number of hydrogen-bond donors (Lipinski definition) is 2. The molecule has 3 N–H and O–H groups in total. The van der Waals surface area contributed by atoms with Crippen molar-refractivity contribution in [3.8, 4) is 6.01 Å². The van der Waals surface area contributed by atoms with Gasteiger partial charge in [-0.1, -0.05) is 0 Å². The summed E-state index contributed by atoms with van der Waals surface area (Å²) in [7, 11) is 2.07. The van der Waals surface area contributed by atoms with E-state index < -0.39 is 0 Å². The van der Waals surface area contributed by atoms with Crippen LogP contribution in [0.25, 0.3) is 0 Å². The maximum Gasteiger partial charge on any atom is 0.323 e. The highest BCUT2D eigenvalue weighted by atomic mass is 16.5. The number of nitrogens with zero attached hydrogens (tertiary/aromatic N) is 4. The number of aromatic nitrogens is 3. The largest absolute Gasteiger partial charge is 0.464 e. The van der Waals surface area contributed by atoms with Crippen LogP contribution in [0.5, 0.6) is 6.01 Å². The monoisotopic (exact) mass is 254 g/mol. The van der Waals surface area contributed by atoms with Crippen LogP contribution >= 0.6 is 0 Å². The number of nitrogens with one attached hydrogen (secondary N) is 1. The van der Waals surface area contributed by atoms with Gasteiger partial charge in [-0.3, -0.25) is 0 Å². The van der Waals surface area contributed by atoms with Gasteiger partial charge in [0.25, 0.3) is 0 Å². The van der Waals surface area contributed by atoms with E-state index in [0.717, 1.165) is 13.1 Å². The highest BCUT2D eigenvalue weighted by molar-refractivity contribution is 5.32. The van der Waals surface area contributed by atoms with Crippen LogP contribution < -0.4 is 15.8 Å². The maximum atomic E-state index is 5.58. The zero-order valence-corrected chi connectivity index (χ0v) is 11.5. The summed E-state index contributed by atoms with van der Waals surface area (Å²) in [5.74, 6) is 0.608. The molecule has 0 saturated heterocycles. The lowest BCUT2D eigenvalue weighted by Gasteiger charge is -2.20. The average molecular weight is 254 g/mol. The van der Waals surface area contributed by atoms with E-state index in [1.807, 2.05) is 6.92 Å². The molecule has 0 aliphatic carbocycles. The molecular formula is C11H22N6O. The van der Waals surface area contributed by atoms with Crippen LogP contribution in [0.4, 0.5) is 11.9 Å². The molecule has 1 aromatic rings. The number of hydrogen-bond acceptors (Lipinski definition) is 7. The number of nitrogen functional groups attached to an aromatic ring is 1. The van der Waals surface area contributed by atoms with E-state index in [2.05, 4.69) is 46.1 Å². The Balaban J connectivity index is 2.51. The normalized spacial score (nSPS) is 11.0. The van der Waals surface area contributed by atoms with Gasteiger partial charge in [0.05, 0.1) is 6.61 Å². The molecule has 0 spiro atoms. The second-order valence-electron chi connectivity index (χ2n) is 4.23. The summed E-state index contributed by atoms with van der Waals surface area (Å²) in [6.45, 7) is 8.29. The van der Waals surface area contributed by atoms with E-state index in [4.69, 9.17) is 10.5 Å². The summed E-state index contributed by atoms with van der Waals surface area (Å²) in [5.41, 5.74) is 5.58. The van der Waals surface area contributed by atoms with Gasteiger partial charge in [-0.05, 0) is 27.8 Å². The van der Waals surface area contributed by atoms with Gasteiger partial charge >= 0.3 is 6.01 Å². The van der Waals surface area contributed by atoms with E-state index in [0.29, 0.717) is 18.6 Å². The molecule has 0 saturated carbocycles. The van der Waals surface area contributed by atoms with E-state index >= 15 is 0 Å². The Morgan fingerprint density at radius 2 is 2.06 bits per heavy atom. The molecule has 102 valence electrons. The van der Waals surface area contributed by atoms with Gasteiger partial charge < -0.3 is 20.7 Å². The molecule has 18 heavy (non-hydrogen) atoms. The number of likely N-dealkylation sites (N-methyl/N-ethyl adjacent to an activating group) is 1. The fraction of sp³-hybridized carbons (Fsp3) is 0.727. The molecule has 0 radical (unpaired) electrons. The van der Waals surface area contributed by atoms with Crippen LogP contribution in [-0.2, 0) is 0 Å². The van der Waals surface area contributed by atoms with Crippen LogP contribution in [0, 0.1) is 0 Å². The number of nitrogens with two attached hydrogens (primary N) is 1. The summed E-state index contributed by atoms with van der Waals surface area (Å²) >= 11 is 0. The minimum absolute atomic E-state index is 0.160. The molecule has 0 atom stereocenters. The molecule has 0 aromatic carbocycles. The SMILES string of the molecule is CCOc1nc(N)nc(NCCN(C)C(C)C)n1. The van der Waals surface area contributed by atoms with E-state index in [1.165, 1.54) is 0 Å². The first kappa shape index (κ1) is 14.4. The van der Waals surface area contributed by atoms with Crippen molar-refractivity contribution in [1.29, 1.82) is 0 Å². The van der Waals surface area contributed by atoms with E-state index in [1.54, 1.807) is 0 Å². The summed E-state index contributed by atoms with van der Waals surface area (Å²) in [4.78, 5) is 14.2. The molecule has 0 aliphatic rings. The smallest absolute Gasteiger partial charge is 0.323 e. The number of ether oxygens (including phenoxy) is 1. The van der Waals surface area contributed by atoms with Crippen molar-refractivity contribution in [2.75, 3.05) is 37.8 Å². The number of anilines is 2. The predicted molar refractivity (Wildman–Crippen MR) is 71.7 cm³/mol. The number of rotatable bonds is 7. The van der Waals surface area contributed by atoms with Crippen molar-refractivity contribution in [3.63, 3.8) is 0 Å². The molecule has 0 bridgehead atoms. The van der Waals surface area contributed by atoms with Crippen LogP contribution in [-0.4, -0.2) is 52.6 Å². The maximum absolute atomic E-state index is 5.58. The van der Waals surface area contributed by atoms with Crippen molar-refractivity contribution in [2.45, 2.75) is 26.8 Å². The Morgan fingerprint density at radius 3 is 2.67 bits per heavy atom. The third-order valence-corrected chi connectivity index (χ3v) is 2.53. The highest BCUT2D eigenvalue weighted by Gasteiger charge is 2.06. The summed E-state index contributed by atoms with van der Waals surface area (Å²) in [5, 5.41) is 3.11. The van der Waals surface area contributed by atoms with Gasteiger partial charge in [0.15, 0.2) is 0 Å². The molecular weight excluding hydrogens is 232 g/mol. The minimum atomic E-state index is 0.160. The standard InChI is InChI=1S/C11H22N6O/c1-5-18-11-15-9(12)14-10(16-11)13-6-7-17(4)8(2)3/h8H,5-7H2,1-4H3,(H3,12,13,14,15,16). The van der Waals surface area contributed by atoms with Crippen LogP contribution in [0.2, 0.25) is 0 Å². The summed E-state index contributed by atoms with van der Waals surface area (Å²) in [6, 6.07) is 0.763. The Labute approximate surface area is 108 Å². The highest BCUT2D eigenvalue weighted by Crippen LogP contribution is 2.08. The van der Waals surface area contributed by atoms with Crippen molar-refractivity contribution < 1.29 is 4.74 Å². The Kier molecular flexibility index (Phi) is 5.57. The fourth-order valence-corrected chi connectivity index (χ4v) is 1.25. The lowest BCUT2D eigenvalue weighted by Crippen LogP contribution is -2.31. The van der Waals surface area contributed by atoms with Gasteiger partial charge in [0.1, 0.15) is 0 Å². The quantitative estimate of drug-likeness (QED) is 0.736. The van der Waals surface area contributed by atoms with Crippen molar-refractivity contribution in [2.24, 2.45) is 0 Å². The Hall–Kier alpha value is -1.63. The van der Waals surface area contributed by atoms with Crippen molar-refractivity contribution in [3.05, 3.63) is 0 Å². The molecule has 0 aliphatic heterocycles. The van der Waals surface area contributed by atoms with E-state index in [9.17, 15) is 0 Å². The molecule has 0 amide bonds. The van der Waals surface area contributed by atoms with Crippen LogP contribution in [0.1, 0.15) is 20.8 Å².